The molecule has 0 aliphatic carbocycles. The molecular formula is C80H156O17P2. The Morgan fingerprint density at radius 3 is 0.768 bits per heavy atom. The Balaban J connectivity index is 5.18. The van der Waals surface area contributed by atoms with Gasteiger partial charge in [0.25, 0.3) is 0 Å². The van der Waals surface area contributed by atoms with Crippen LogP contribution in [0, 0.1) is 11.8 Å². The average molecular weight is 1450 g/mol. The third-order valence-electron chi connectivity index (χ3n) is 19.1. The number of carbonyl (C=O) groups is 4. The fraction of sp³-hybridized carbons (Fsp3) is 0.950. The standard InChI is InChI=1S/C80H156O17P2/c1-7-10-12-14-16-17-18-19-20-21-22-23-24-25-26-31-34-40-46-52-58-64-79(84)97-76(69-91-78(83)63-57-51-45-39-33-30-28-27-29-32-37-43-48-54-60-72(4)5)71-95-99(88,89)93-67-74(81)66-92-98(86,87)94-70-75(68-90-77(82)62-56-50-42-15-13-11-8-2)96-80(85)65-59-53-47-41-36-35-38-44-49-55-61-73(6)9-3/h72-76,81H,7-71H2,1-6H3,(H,86,87)(H,88,89)/t73?,74-,75+,76+/m0/s1. The van der Waals surface area contributed by atoms with Crippen molar-refractivity contribution in [2.45, 2.75) is 439 Å². The van der Waals surface area contributed by atoms with Crippen LogP contribution in [0.5, 0.6) is 0 Å². The van der Waals surface area contributed by atoms with Crippen molar-refractivity contribution in [3.63, 3.8) is 0 Å². The molecule has 0 aliphatic rings. The molecule has 0 radical (unpaired) electrons. The van der Waals surface area contributed by atoms with E-state index in [-0.39, 0.29) is 25.7 Å². The molecule has 0 aromatic carbocycles. The Morgan fingerprint density at radius 1 is 0.293 bits per heavy atom. The second-order valence-corrected chi connectivity index (χ2v) is 32.4. The molecule has 99 heavy (non-hydrogen) atoms. The molecule has 0 aliphatic heterocycles. The zero-order chi connectivity index (χ0) is 72.8. The SMILES string of the molecule is CCCCCCCCCCCCCCCCCCCCCCCC(=O)O[C@H](COC(=O)CCCCCCCCCCCCCCCCC(C)C)COP(=O)(O)OC[C@@H](O)COP(=O)(O)OC[C@@H](COC(=O)CCCCCCCCC)OC(=O)CCCCCCCCCCCCC(C)CC. The Labute approximate surface area is 607 Å². The number of unbranched alkanes of at least 4 members (excludes halogenated alkanes) is 48. The molecule has 3 unspecified atom stereocenters. The van der Waals surface area contributed by atoms with E-state index in [9.17, 15) is 43.2 Å². The number of ether oxygens (including phenoxy) is 4. The summed E-state index contributed by atoms with van der Waals surface area (Å²) in [5.41, 5.74) is 0. The highest BCUT2D eigenvalue weighted by molar-refractivity contribution is 7.47. The van der Waals surface area contributed by atoms with Crippen LogP contribution in [0.4, 0.5) is 0 Å². The van der Waals surface area contributed by atoms with Crippen molar-refractivity contribution in [1.82, 2.24) is 0 Å². The van der Waals surface area contributed by atoms with Crippen LogP contribution < -0.4 is 0 Å². The molecule has 19 heteroatoms. The van der Waals surface area contributed by atoms with Gasteiger partial charge in [-0.15, -0.1) is 0 Å². The number of rotatable bonds is 79. The Hall–Kier alpha value is -1.94. The van der Waals surface area contributed by atoms with Gasteiger partial charge in [-0.25, -0.2) is 9.13 Å². The topological polar surface area (TPSA) is 237 Å². The highest BCUT2D eigenvalue weighted by atomic mass is 31.2. The van der Waals surface area contributed by atoms with Gasteiger partial charge in [-0.05, 0) is 37.5 Å². The molecule has 0 saturated heterocycles. The quantitative estimate of drug-likeness (QED) is 0.0222. The number of hydrogen-bond donors (Lipinski definition) is 3. The number of phosphoric acid groups is 2. The number of esters is 4. The maximum Gasteiger partial charge on any atom is 0.472 e. The van der Waals surface area contributed by atoms with Crippen LogP contribution >= 0.6 is 15.6 Å². The second kappa shape index (κ2) is 71.7. The summed E-state index contributed by atoms with van der Waals surface area (Å²) in [6.45, 7) is 9.63. The number of phosphoric ester groups is 2. The van der Waals surface area contributed by atoms with E-state index >= 15 is 0 Å². The normalized spacial score (nSPS) is 14.2. The minimum Gasteiger partial charge on any atom is -0.462 e. The van der Waals surface area contributed by atoms with Crippen molar-refractivity contribution in [2.75, 3.05) is 39.6 Å². The molecule has 6 atom stereocenters. The van der Waals surface area contributed by atoms with Gasteiger partial charge < -0.3 is 33.8 Å². The van der Waals surface area contributed by atoms with Gasteiger partial charge in [0.05, 0.1) is 26.4 Å². The summed E-state index contributed by atoms with van der Waals surface area (Å²) in [6, 6.07) is 0. The van der Waals surface area contributed by atoms with Crippen molar-refractivity contribution in [3.8, 4) is 0 Å². The average Bonchev–Trinajstić information content (AvgIpc) is 0.981. The van der Waals surface area contributed by atoms with E-state index in [1.165, 1.54) is 225 Å². The van der Waals surface area contributed by atoms with E-state index in [0.717, 1.165) is 115 Å². The lowest BCUT2D eigenvalue weighted by Gasteiger charge is -2.21. The van der Waals surface area contributed by atoms with Gasteiger partial charge in [-0.3, -0.25) is 37.3 Å². The number of hydrogen-bond acceptors (Lipinski definition) is 15. The monoisotopic (exact) mass is 1450 g/mol. The molecule has 0 amide bonds. The van der Waals surface area contributed by atoms with Crippen molar-refractivity contribution >= 4 is 39.5 Å². The largest absolute Gasteiger partial charge is 0.472 e. The molecule has 0 fully saturated rings. The summed E-state index contributed by atoms with van der Waals surface area (Å²) >= 11 is 0. The Bertz CT molecular complexity index is 1910. The second-order valence-electron chi connectivity index (χ2n) is 29.5. The fourth-order valence-corrected chi connectivity index (χ4v) is 13.9. The molecule has 588 valence electrons. The first-order valence-corrected chi connectivity index (χ1v) is 44.5. The first-order chi connectivity index (χ1) is 47.9. The highest BCUT2D eigenvalue weighted by Crippen LogP contribution is 2.45. The molecule has 3 N–H and O–H groups in total. The summed E-state index contributed by atoms with van der Waals surface area (Å²) < 4.78 is 68.6. The molecule has 0 aromatic heterocycles. The molecule has 0 saturated carbocycles. The van der Waals surface area contributed by atoms with E-state index < -0.39 is 97.5 Å². The van der Waals surface area contributed by atoms with E-state index in [1.54, 1.807) is 0 Å². The van der Waals surface area contributed by atoms with Crippen molar-refractivity contribution in [1.29, 1.82) is 0 Å². The predicted octanol–water partition coefficient (Wildman–Crippen LogP) is 23.9. The van der Waals surface area contributed by atoms with Gasteiger partial charge in [-0.1, -0.05) is 369 Å². The Morgan fingerprint density at radius 2 is 0.515 bits per heavy atom. The summed E-state index contributed by atoms with van der Waals surface area (Å²) in [5.74, 6) is -0.513. The van der Waals surface area contributed by atoms with E-state index in [1.807, 2.05) is 0 Å². The maximum absolute atomic E-state index is 13.1. The molecule has 0 spiro atoms. The molecule has 0 heterocycles. The van der Waals surface area contributed by atoms with Crippen LogP contribution in [0.1, 0.15) is 420 Å². The van der Waals surface area contributed by atoms with Crippen LogP contribution in [-0.2, 0) is 65.4 Å². The highest BCUT2D eigenvalue weighted by Gasteiger charge is 2.30. The molecule has 0 aromatic rings. The third-order valence-corrected chi connectivity index (χ3v) is 21.0. The lowest BCUT2D eigenvalue weighted by molar-refractivity contribution is -0.161. The van der Waals surface area contributed by atoms with Gasteiger partial charge in [0.15, 0.2) is 12.2 Å². The zero-order valence-electron chi connectivity index (χ0n) is 64.8. The van der Waals surface area contributed by atoms with E-state index in [4.69, 9.17) is 37.0 Å². The minimum atomic E-state index is -4.96. The summed E-state index contributed by atoms with van der Waals surface area (Å²) in [7, 11) is -9.91. The van der Waals surface area contributed by atoms with Crippen LogP contribution in [0.2, 0.25) is 0 Å². The number of aliphatic hydroxyl groups is 1. The first kappa shape index (κ1) is 97.1. The molecular weight excluding hydrogens is 1290 g/mol. The predicted molar refractivity (Wildman–Crippen MR) is 405 cm³/mol. The summed E-state index contributed by atoms with van der Waals surface area (Å²) in [5, 5.41) is 10.6. The Kier molecular flexibility index (Phi) is 70.3. The smallest absolute Gasteiger partial charge is 0.462 e. The van der Waals surface area contributed by atoms with Gasteiger partial charge in [0, 0.05) is 25.7 Å². The van der Waals surface area contributed by atoms with Crippen LogP contribution in [0.3, 0.4) is 0 Å². The lowest BCUT2D eigenvalue weighted by atomic mass is 9.99. The first-order valence-electron chi connectivity index (χ1n) is 41.5. The van der Waals surface area contributed by atoms with Gasteiger partial charge >= 0.3 is 39.5 Å². The van der Waals surface area contributed by atoms with Gasteiger partial charge in [-0.2, -0.15) is 0 Å². The van der Waals surface area contributed by atoms with Crippen molar-refractivity contribution in [2.24, 2.45) is 11.8 Å². The lowest BCUT2D eigenvalue weighted by Crippen LogP contribution is -2.30. The third kappa shape index (κ3) is 72.8. The summed E-state index contributed by atoms with van der Waals surface area (Å²) in [6.07, 6.45) is 61.2. The fourth-order valence-electron chi connectivity index (χ4n) is 12.3. The number of aliphatic hydroxyl groups excluding tert-OH is 1. The zero-order valence-corrected chi connectivity index (χ0v) is 66.6. The van der Waals surface area contributed by atoms with E-state index in [2.05, 4.69) is 41.5 Å². The van der Waals surface area contributed by atoms with Crippen molar-refractivity contribution < 1.29 is 80.2 Å². The van der Waals surface area contributed by atoms with E-state index in [0.29, 0.717) is 25.7 Å². The number of carbonyl (C=O) groups excluding carboxylic acids is 4. The molecule has 17 nitrogen and oxygen atoms in total. The minimum absolute atomic E-state index is 0.106. The maximum atomic E-state index is 13.1. The van der Waals surface area contributed by atoms with Crippen molar-refractivity contribution in [3.05, 3.63) is 0 Å². The molecule has 0 rings (SSSR count). The van der Waals surface area contributed by atoms with Crippen LogP contribution in [0.15, 0.2) is 0 Å². The van der Waals surface area contributed by atoms with Gasteiger partial charge in [0.2, 0.25) is 0 Å². The van der Waals surface area contributed by atoms with Gasteiger partial charge in [0.1, 0.15) is 19.3 Å². The van der Waals surface area contributed by atoms with Crippen LogP contribution in [0.25, 0.3) is 0 Å². The summed E-state index contributed by atoms with van der Waals surface area (Å²) in [4.78, 5) is 72.8. The molecule has 0 bridgehead atoms. The van der Waals surface area contributed by atoms with Crippen LogP contribution in [-0.4, -0.2) is 96.7 Å².